The van der Waals surface area contributed by atoms with Crippen molar-refractivity contribution in [2.75, 3.05) is 4.90 Å². The fourth-order valence-corrected chi connectivity index (χ4v) is 3.92. The van der Waals surface area contributed by atoms with Gasteiger partial charge in [-0.05, 0) is 29.5 Å². The molecule has 3 atom stereocenters. The molecule has 0 aliphatic carbocycles. The fourth-order valence-electron chi connectivity index (χ4n) is 3.92. The summed E-state index contributed by atoms with van der Waals surface area (Å²) in [4.78, 5) is 41.0. The average molecular weight is 436 g/mol. The van der Waals surface area contributed by atoms with Crippen LogP contribution in [0.1, 0.15) is 45.2 Å². The largest absolute Gasteiger partial charge is 0.350 e. The molecule has 3 amide bonds. The molecule has 0 bridgehead atoms. The molecule has 0 saturated heterocycles. The minimum absolute atomic E-state index is 0.115. The molecule has 0 unspecified atom stereocenters. The first-order valence-corrected chi connectivity index (χ1v) is 11.4. The molecular formula is C26H33N3O3. The van der Waals surface area contributed by atoms with E-state index in [1.807, 2.05) is 82.3 Å². The fraction of sp³-hybridized carbons (Fsp3) is 0.423. The maximum atomic E-state index is 13.7. The lowest BCUT2D eigenvalue weighted by molar-refractivity contribution is -0.131. The third-order valence-electron chi connectivity index (χ3n) is 6.12. The summed E-state index contributed by atoms with van der Waals surface area (Å²) in [7, 11) is 0. The van der Waals surface area contributed by atoms with Crippen molar-refractivity contribution < 1.29 is 14.4 Å². The van der Waals surface area contributed by atoms with Gasteiger partial charge in [0.15, 0.2) is 0 Å². The number of nitrogens with zero attached hydrogens (tertiary/aromatic N) is 1. The summed E-state index contributed by atoms with van der Waals surface area (Å²) in [6, 6.07) is 15.9. The number of carbonyl (C=O) groups excluding carboxylic acids is 3. The van der Waals surface area contributed by atoms with Gasteiger partial charge in [-0.2, -0.15) is 0 Å². The minimum atomic E-state index is -0.702. The van der Waals surface area contributed by atoms with Crippen LogP contribution in [0, 0.1) is 11.8 Å². The molecule has 2 aromatic carbocycles. The first-order chi connectivity index (χ1) is 15.3. The topological polar surface area (TPSA) is 78.5 Å². The Morgan fingerprint density at radius 1 is 1.00 bits per heavy atom. The van der Waals surface area contributed by atoms with Crippen LogP contribution in [0.15, 0.2) is 54.6 Å². The number of hydrogen-bond donors (Lipinski definition) is 2. The summed E-state index contributed by atoms with van der Waals surface area (Å²) in [5.41, 5.74) is 2.69. The molecule has 1 heterocycles. The van der Waals surface area contributed by atoms with Gasteiger partial charge in [0.2, 0.25) is 11.8 Å². The molecule has 6 heteroatoms. The number of para-hydroxylation sites is 1. The van der Waals surface area contributed by atoms with Gasteiger partial charge in [-0.15, -0.1) is 0 Å². The molecule has 3 rings (SSSR count). The Hall–Kier alpha value is -3.15. The first kappa shape index (κ1) is 23.5. The van der Waals surface area contributed by atoms with Crippen LogP contribution < -0.4 is 15.5 Å². The van der Waals surface area contributed by atoms with Crippen molar-refractivity contribution >= 4 is 23.4 Å². The lowest BCUT2D eigenvalue weighted by Gasteiger charge is -2.31. The molecule has 1 aliphatic rings. The van der Waals surface area contributed by atoms with Crippen LogP contribution >= 0.6 is 0 Å². The molecule has 2 aromatic rings. The molecule has 32 heavy (non-hydrogen) atoms. The predicted molar refractivity (Wildman–Crippen MR) is 126 cm³/mol. The van der Waals surface area contributed by atoms with Crippen LogP contribution in [-0.2, 0) is 27.3 Å². The number of benzene rings is 2. The lowest BCUT2D eigenvalue weighted by Crippen LogP contribution is -2.57. The molecule has 2 N–H and O–H groups in total. The molecule has 0 fully saturated rings. The van der Waals surface area contributed by atoms with E-state index in [-0.39, 0.29) is 29.6 Å². The van der Waals surface area contributed by atoms with E-state index in [1.165, 1.54) is 0 Å². The Balaban J connectivity index is 1.84. The molecule has 170 valence electrons. The van der Waals surface area contributed by atoms with Crippen LogP contribution in [0.25, 0.3) is 0 Å². The van der Waals surface area contributed by atoms with Crippen LogP contribution in [0.5, 0.6) is 0 Å². The number of carbonyl (C=O) groups is 3. The van der Waals surface area contributed by atoms with E-state index in [4.69, 9.17) is 0 Å². The van der Waals surface area contributed by atoms with Crippen molar-refractivity contribution in [2.45, 2.75) is 59.2 Å². The highest BCUT2D eigenvalue weighted by Gasteiger charge is 2.41. The zero-order chi connectivity index (χ0) is 23.3. The van der Waals surface area contributed by atoms with Gasteiger partial charge in [0.1, 0.15) is 12.1 Å². The number of anilines is 1. The minimum Gasteiger partial charge on any atom is -0.350 e. The second-order valence-corrected chi connectivity index (χ2v) is 8.80. The van der Waals surface area contributed by atoms with Crippen LogP contribution in [0.2, 0.25) is 0 Å². The van der Waals surface area contributed by atoms with E-state index in [2.05, 4.69) is 10.6 Å². The van der Waals surface area contributed by atoms with Crippen molar-refractivity contribution in [1.82, 2.24) is 10.6 Å². The summed E-state index contributed by atoms with van der Waals surface area (Å²) in [5, 5.41) is 5.91. The van der Waals surface area contributed by atoms with Crippen molar-refractivity contribution in [3.05, 3.63) is 65.7 Å². The summed E-state index contributed by atoms with van der Waals surface area (Å²) in [6.07, 6.45) is 1.15. The van der Waals surface area contributed by atoms with E-state index >= 15 is 0 Å². The molecule has 0 spiro atoms. The highest BCUT2D eigenvalue weighted by molar-refractivity contribution is 6.06. The number of nitrogens with one attached hydrogen (secondary N) is 2. The van der Waals surface area contributed by atoms with Crippen LogP contribution in [0.3, 0.4) is 0 Å². The smallest absolute Gasteiger partial charge is 0.250 e. The van der Waals surface area contributed by atoms with Gasteiger partial charge < -0.3 is 10.6 Å². The van der Waals surface area contributed by atoms with Gasteiger partial charge in [0.05, 0.1) is 0 Å². The molecule has 0 saturated carbocycles. The summed E-state index contributed by atoms with van der Waals surface area (Å²) in [6.45, 7) is 8.01. The summed E-state index contributed by atoms with van der Waals surface area (Å²) >= 11 is 0. The predicted octanol–water partition coefficient (Wildman–Crippen LogP) is 3.45. The Kier molecular flexibility index (Phi) is 7.67. The van der Waals surface area contributed by atoms with Gasteiger partial charge in [0.25, 0.3) is 5.91 Å². The molecular weight excluding hydrogens is 402 g/mol. The molecule has 0 aromatic heterocycles. The molecule has 0 radical (unpaired) electrons. The van der Waals surface area contributed by atoms with Crippen molar-refractivity contribution in [2.24, 2.45) is 11.8 Å². The van der Waals surface area contributed by atoms with Crippen LogP contribution in [0.4, 0.5) is 5.69 Å². The SMILES string of the molecule is CC[C@@H](C)C(=O)N[C@H](C(=O)N1c2ccccc2C[C@H]1C(=O)NCc1ccccc1)C(C)C. The summed E-state index contributed by atoms with van der Waals surface area (Å²) in [5.74, 6) is -0.885. The Labute approximate surface area is 190 Å². The van der Waals surface area contributed by atoms with Gasteiger partial charge in [0, 0.05) is 24.6 Å². The van der Waals surface area contributed by atoms with E-state index in [0.717, 1.165) is 16.8 Å². The standard InChI is InChI=1S/C26H33N3O3/c1-5-18(4)24(30)28-23(17(2)3)26(32)29-21-14-10-9-13-20(21)15-22(29)25(31)27-16-19-11-7-6-8-12-19/h6-14,17-18,22-23H,5,15-16H2,1-4H3,(H,27,31)(H,28,30)/t18-,22+,23+/m1/s1. The number of fused-ring (bicyclic) bond motifs is 1. The highest BCUT2D eigenvalue weighted by atomic mass is 16.2. The highest BCUT2D eigenvalue weighted by Crippen LogP contribution is 2.33. The van der Waals surface area contributed by atoms with E-state index in [0.29, 0.717) is 19.4 Å². The van der Waals surface area contributed by atoms with Gasteiger partial charge in [-0.3, -0.25) is 19.3 Å². The van der Waals surface area contributed by atoms with Crippen molar-refractivity contribution in [3.8, 4) is 0 Å². The second-order valence-electron chi connectivity index (χ2n) is 8.80. The molecule has 6 nitrogen and oxygen atoms in total. The van der Waals surface area contributed by atoms with E-state index in [9.17, 15) is 14.4 Å². The Bertz CT molecular complexity index is 958. The normalized spacial score (nSPS) is 16.9. The van der Waals surface area contributed by atoms with E-state index in [1.54, 1.807) is 4.90 Å². The number of rotatable bonds is 8. The number of amides is 3. The maximum Gasteiger partial charge on any atom is 0.250 e. The zero-order valence-electron chi connectivity index (χ0n) is 19.3. The maximum absolute atomic E-state index is 13.7. The van der Waals surface area contributed by atoms with E-state index < -0.39 is 12.1 Å². The van der Waals surface area contributed by atoms with Gasteiger partial charge >= 0.3 is 0 Å². The Morgan fingerprint density at radius 2 is 1.66 bits per heavy atom. The van der Waals surface area contributed by atoms with Crippen molar-refractivity contribution in [1.29, 1.82) is 0 Å². The third-order valence-corrected chi connectivity index (χ3v) is 6.12. The summed E-state index contributed by atoms with van der Waals surface area (Å²) < 4.78 is 0. The quantitative estimate of drug-likeness (QED) is 0.667. The Morgan fingerprint density at radius 3 is 2.31 bits per heavy atom. The average Bonchev–Trinajstić information content (AvgIpc) is 3.20. The van der Waals surface area contributed by atoms with Crippen LogP contribution in [-0.4, -0.2) is 29.8 Å². The molecule has 1 aliphatic heterocycles. The lowest BCUT2D eigenvalue weighted by atomic mass is 10.00. The monoisotopic (exact) mass is 435 g/mol. The zero-order valence-corrected chi connectivity index (χ0v) is 19.3. The second kappa shape index (κ2) is 10.4. The third kappa shape index (κ3) is 5.18. The van der Waals surface area contributed by atoms with Gasteiger partial charge in [-0.1, -0.05) is 76.2 Å². The van der Waals surface area contributed by atoms with Crippen molar-refractivity contribution in [3.63, 3.8) is 0 Å². The first-order valence-electron chi connectivity index (χ1n) is 11.4. The number of hydrogen-bond acceptors (Lipinski definition) is 3. The van der Waals surface area contributed by atoms with Gasteiger partial charge in [-0.25, -0.2) is 0 Å².